The summed E-state index contributed by atoms with van der Waals surface area (Å²) in [6.45, 7) is 5.59. The summed E-state index contributed by atoms with van der Waals surface area (Å²) in [6, 6.07) is 0.235. The van der Waals surface area contributed by atoms with Gasteiger partial charge in [0.2, 0.25) is 5.91 Å². The molecule has 1 aliphatic carbocycles. The minimum absolute atomic E-state index is 0.00965. The van der Waals surface area contributed by atoms with Crippen molar-refractivity contribution in [3.8, 4) is 0 Å². The van der Waals surface area contributed by atoms with Gasteiger partial charge in [-0.2, -0.15) is 0 Å². The van der Waals surface area contributed by atoms with Crippen molar-refractivity contribution in [2.45, 2.75) is 31.7 Å². The van der Waals surface area contributed by atoms with Gasteiger partial charge in [0.05, 0.1) is 19.4 Å². The normalized spacial score (nSPS) is 17.7. The number of nitrogens with one attached hydrogen (secondary N) is 1. The molecule has 1 saturated heterocycles. The number of amides is 2. The lowest BCUT2D eigenvalue weighted by Crippen LogP contribution is -2.39. The van der Waals surface area contributed by atoms with E-state index in [1.54, 1.807) is 11.1 Å². The Kier molecular flexibility index (Phi) is 6.90. The van der Waals surface area contributed by atoms with Crippen molar-refractivity contribution in [1.82, 2.24) is 25.1 Å². The third kappa shape index (κ3) is 5.74. The predicted molar refractivity (Wildman–Crippen MR) is 95.6 cm³/mol. The van der Waals surface area contributed by atoms with Crippen LogP contribution in [0.5, 0.6) is 0 Å². The van der Waals surface area contributed by atoms with Gasteiger partial charge in [-0.1, -0.05) is 0 Å². The molecule has 2 amide bonds. The molecule has 2 heterocycles. The summed E-state index contributed by atoms with van der Waals surface area (Å²) in [7, 11) is 0. The first kappa shape index (κ1) is 18.7. The average Bonchev–Trinajstić information content (AvgIpc) is 3.52. The Balaban J connectivity index is 1.36. The van der Waals surface area contributed by atoms with E-state index in [-0.39, 0.29) is 17.9 Å². The summed E-state index contributed by atoms with van der Waals surface area (Å²) in [6.07, 6.45) is 7.77. The first-order chi connectivity index (χ1) is 12.7. The van der Waals surface area contributed by atoms with E-state index in [2.05, 4.69) is 20.2 Å². The van der Waals surface area contributed by atoms with Gasteiger partial charge in [-0.05, 0) is 25.8 Å². The second kappa shape index (κ2) is 9.59. The maximum Gasteiger partial charge on any atom is 0.274 e. The number of carbonyl (C=O) groups is 2. The quantitative estimate of drug-likeness (QED) is 0.637. The van der Waals surface area contributed by atoms with Gasteiger partial charge in [0.1, 0.15) is 5.69 Å². The van der Waals surface area contributed by atoms with E-state index in [1.165, 1.54) is 12.4 Å². The highest BCUT2D eigenvalue weighted by atomic mass is 16.5. The third-order valence-corrected chi connectivity index (χ3v) is 4.69. The molecule has 0 unspecified atom stereocenters. The number of ether oxygens (including phenoxy) is 1. The summed E-state index contributed by atoms with van der Waals surface area (Å²) in [5, 5.41) is 2.95. The van der Waals surface area contributed by atoms with Gasteiger partial charge in [0, 0.05) is 51.0 Å². The molecule has 0 aromatic carbocycles. The molecule has 1 aromatic rings. The summed E-state index contributed by atoms with van der Waals surface area (Å²) >= 11 is 0. The van der Waals surface area contributed by atoms with Gasteiger partial charge in [-0.25, -0.2) is 4.98 Å². The highest BCUT2D eigenvalue weighted by Gasteiger charge is 2.33. The number of hydrogen-bond donors (Lipinski definition) is 1. The van der Waals surface area contributed by atoms with Crippen LogP contribution in [-0.4, -0.2) is 83.6 Å². The highest BCUT2D eigenvalue weighted by Crippen LogP contribution is 2.28. The zero-order chi connectivity index (χ0) is 18.2. The minimum Gasteiger partial charge on any atom is -0.379 e. The largest absolute Gasteiger partial charge is 0.379 e. The van der Waals surface area contributed by atoms with Gasteiger partial charge in [0.25, 0.3) is 5.91 Å². The molecule has 2 aliphatic rings. The maximum absolute atomic E-state index is 12.6. The number of carbonyl (C=O) groups excluding carboxylic acids is 2. The number of nitrogens with zero attached hydrogens (tertiary/aromatic N) is 4. The number of rotatable bonds is 9. The standard InChI is InChI=1S/C18H27N5O3/c24-17(21-5-1-8-22-10-12-26-13-11-22)4-9-23(15-2-3-15)18(25)16-14-19-6-7-20-16/h6-7,14-15H,1-5,8-13H2,(H,21,24). The molecule has 8 nitrogen and oxygen atoms in total. The van der Waals surface area contributed by atoms with Crippen LogP contribution in [-0.2, 0) is 9.53 Å². The molecule has 0 radical (unpaired) electrons. The molecule has 0 bridgehead atoms. The number of aromatic nitrogens is 2. The summed E-state index contributed by atoms with van der Waals surface area (Å²) in [5.74, 6) is -0.148. The van der Waals surface area contributed by atoms with Crippen LogP contribution >= 0.6 is 0 Å². The molecule has 0 spiro atoms. The summed E-state index contributed by atoms with van der Waals surface area (Å²) < 4.78 is 5.32. The van der Waals surface area contributed by atoms with Crippen molar-refractivity contribution in [2.24, 2.45) is 0 Å². The molecule has 2 fully saturated rings. The first-order valence-electron chi connectivity index (χ1n) is 9.38. The molecule has 26 heavy (non-hydrogen) atoms. The van der Waals surface area contributed by atoms with Crippen molar-refractivity contribution >= 4 is 11.8 Å². The monoisotopic (exact) mass is 361 g/mol. The minimum atomic E-state index is -0.138. The van der Waals surface area contributed by atoms with Crippen LogP contribution in [0, 0.1) is 0 Å². The summed E-state index contributed by atoms with van der Waals surface area (Å²) in [4.78, 5) is 36.8. The zero-order valence-corrected chi connectivity index (χ0v) is 15.1. The molecular weight excluding hydrogens is 334 g/mol. The summed E-state index contributed by atoms with van der Waals surface area (Å²) in [5.41, 5.74) is 0.338. The molecular formula is C18H27N5O3. The van der Waals surface area contributed by atoms with Crippen LogP contribution in [0.25, 0.3) is 0 Å². The van der Waals surface area contributed by atoms with Gasteiger partial charge >= 0.3 is 0 Å². The molecule has 8 heteroatoms. The van der Waals surface area contributed by atoms with Crippen molar-refractivity contribution < 1.29 is 14.3 Å². The third-order valence-electron chi connectivity index (χ3n) is 4.69. The lowest BCUT2D eigenvalue weighted by molar-refractivity contribution is -0.121. The van der Waals surface area contributed by atoms with Crippen LogP contribution in [0.4, 0.5) is 0 Å². The van der Waals surface area contributed by atoms with Crippen LogP contribution in [0.2, 0.25) is 0 Å². The Morgan fingerprint density at radius 3 is 2.77 bits per heavy atom. The fourth-order valence-electron chi connectivity index (χ4n) is 3.06. The molecule has 1 saturated carbocycles. The highest BCUT2D eigenvalue weighted by molar-refractivity contribution is 5.92. The van der Waals surface area contributed by atoms with Gasteiger partial charge < -0.3 is 15.0 Å². The van der Waals surface area contributed by atoms with E-state index in [0.717, 1.165) is 52.1 Å². The Hall–Kier alpha value is -2.06. The van der Waals surface area contributed by atoms with Crippen LogP contribution in [0.15, 0.2) is 18.6 Å². The smallest absolute Gasteiger partial charge is 0.274 e. The zero-order valence-electron chi connectivity index (χ0n) is 15.1. The van der Waals surface area contributed by atoms with E-state index in [9.17, 15) is 9.59 Å². The molecule has 1 N–H and O–H groups in total. The van der Waals surface area contributed by atoms with Gasteiger partial charge in [-0.3, -0.25) is 19.5 Å². The maximum atomic E-state index is 12.6. The predicted octanol–water partition coefficient (Wildman–Crippen LogP) is 0.310. The first-order valence-corrected chi connectivity index (χ1v) is 9.38. The topological polar surface area (TPSA) is 87.7 Å². The van der Waals surface area contributed by atoms with Gasteiger partial charge in [0.15, 0.2) is 0 Å². The van der Waals surface area contributed by atoms with Crippen LogP contribution < -0.4 is 5.32 Å². The average molecular weight is 361 g/mol. The molecule has 3 rings (SSSR count). The SMILES string of the molecule is O=C(CCN(C(=O)c1cnccn1)C1CC1)NCCCN1CCOCC1. The van der Waals surface area contributed by atoms with Crippen molar-refractivity contribution in [2.75, 3.05) is 45.9 Å². The van der Waals surface area contributed by atoms with E-state index in [0.29, 0.717) is 25.2 Å². The van der Waals surface area contributed by atoms with E-state index in [4.69, 9.17) is 4.74 Å². The lowest BCUT2D eigenvalue weighted by Gasteiger charge is -2.26. The number of hydrogen-bond acceptors (Lipinski definition) is 6. The molecule has 142 valence electrons. The van der Waals surface area contributed by atoms with Crippen LogP contribution in [0.1, 0.15) is 36.2 Å². The molecule has 1 aliphatic heterocycles. The fraction of sp³-hybridized carbons (Fsp3) is 0.667. The van der Waals surface area contributed by atoms with Crippen molar-refractivity contribution in [3.05, 3.63) is 24.3 Å². The fourth-order valence-corrected chi connectivity index (χ4v) is 3.06. The Morgan fingerprint density at radius 1 is 1.27 bits per heavy atom. The van der Waals surface area contributed by atoms with Gasteiger partial charge in [-0.15, -0.1) is 0 Å². The Morgan fingerprint density at radius 2 is 2.08 bits per heavy atom. The van der Waals surface area contributed by atoms with E-state index < -0.39 is 0 Å². The van der Waals surface area contributed by atoms with Crippen LogP contribution in [0.3, 0.4) is 0 Å². The second-order valence-corrected chi connectivity index (χ2v) is 6.73. The lowest BCUT2D eigenvalue weighted by atomic mass is 10.3. The van der Waals surface area contributed by atoms with E-state index in [1.807, 2.05) is 0 Å². The second-order valence-electron chi connectivity index (χ2n) is 6.73. The van der Waals surface area contributed by atoms with Crippen molar-refractivity contribution in [3.63, 3.8) is 0 Å². The number of morpholine rings is 1. The molecule has 0 atom stereocenters. The van der Waals surface area contributed by atoms with E-state index >= 15 is 0 Å². The Labute approximate surface area is 153 Å². The molecule has 1 aromatic heterocycles. The van der Waals surface area contributed by atoms with Crippen molar-refractivity contribution in [1.29, 1.82) is 0 Å². The Bertz CT molecular complexity index is 588.